The van der Waals surface area contributed by atoms with E-state index in [9.17, 15) is 0 Å². The smallest absolute Gasteiger partial charge is 0.00702 e. The van der Waals surface area contributed by atoms with Gasteiger partial charge in [-0.1, -0.05) is 0 Å². The van der Waals surface area contributed by atoms with Crippen molar-refractivity contribution in [1.82, 2.24) is 5.32 Å². The maximum atomic E-state index is 3.48. The first-order valence-corrected chi connectivity index (χ1v) is 3.61. The third-order valence-electron chi connectivity index (χ3n) is 2.82. The van der Waals surface area contributed by atoms with Crippen LogP contribution in [0.25, 0.3) is 0 Å². The molecule has 1 heterocycles. The molecular weight excluding hydrogens is 98.1 g/mol. The highest BCUT2D eigenvalue weighted by Crippen LogP contribution is 2.39. The summed E-state index contributed by atoms with van der Waals surface area (Å²) < 4.78 is 0. The Hall–Kier alpha value is -0.0400. The predicted molar refractivity (Wildman–Crippen MR) is 33.7 cm³/mol. The summed E-state index contributed by atoms with van der Waals surface area (Å²) in [6.45, 7) is 3.61. The van der Waals surface area contributed by atoms with Crippen LogP contribution in [0.15, 0.2) is 0 Å². The van der Waals surface area contributed by atoms with Gasteiger partial charge in [0.05, 0.1) is 0 Å². The molecule has 1 saturated carbocycles. The number of rotatable bonds is 0. The second-order valence-corrected chi connectivity index (χ2v) is 3.20. The van der Waals surface area contributed by atoms with Gasteiger partial charge in [0, 0.05) is 6.04 Å². The first-order valence-electron chi connectivity index (χ1n) is 3.61. The average molecular weight is 111 g/mol. The van der Waals surface area contributed by atoms with Crippen molar-refractivity contribution in [1.29, 1.82) is 0 Å². The third kappa shape index (κ3) is 0.455. The van der Waals surface area contributed by atoms with Gasteiger partial charge in [-0.05, 0) is 38.1 Å². The van der Waals surface area contributed by atoms with Crippen molar-refractivity contribution >= 4 is 0 Å². The highest BCUT2D eigenvalue weighted by atomic mass is 15.0. The van der Waals surface area contributed by atoms with E-state index in [2.05, 4.69) is 12.2 Å². The van der Waals surface area contributed by atoms with E-state index < -0.39 is 0 Å². The zero-order valence-corrected chi connectivity index (χ0v) is 5.35. The lowest BCUT2D eigenvalue weighted by atomic mass is 9.73. The molecule has 0 aromatic heterocycles. The molecule has 1 saturated heterocycles. The van der Waals surface area contributed by atoms with Crippen LogP contribution in [0, 0.1) is 11.8 Å². The van der Waals surface area contributed by atoms with E-state index in [1.165, 1.54) is 19.4 Å². The second-order valence-electron chi connectivity index (χ2n) is 3.20. The van der Waals surface area contributed by atoms with Crippen LogP contribution in [0.3, 0.4) is 0 Å². The van der Waals surface area contributed by atoms with Gasteiger partial charge in [-0.3, -0.25) is 0 Å². The van der Waals surface area contributed by atoms with Crippen LogP contribution in [-0.2, 0) is 0 Å². The molecule has 2 aliphatic rings. The van der Waals surface area contributed by atoms with Crippen LogP contribution in [0.4, 0.5) is 0 Å². The zero-order valence-electron chi connectivity index (χ0n) is 5.35. The minimum Gasteiger partial charge on any atom is -0.314 e. The van der Waals surface area contributed by atoms with Gasteiger partial charge in [-0.15, -0.1) is 0 Å². The molecule has 0 aromatic carbocycles. The quantitative estimate of drug-likeness (QED) is 0.492. The fraction of sp³-hybridized carbons (Fsp3) is 1.00. The molecule has 1 nitrogen and oxygen atoms in total. The molecule has 1 aliphatic carbocycles. The monoisotopic (exact) mass is 111 g/mol. The minimum absolute atomic E-state index is 0.828. The van der Waals surface area contributed by atoms with E-state index in [4.69, 9.17) is 0 Å². The van der Waals surface area contributed by atoms with Gasteiger partial charge in [0.25, 0.3) is 0 Å². The van der Waals surface area contributed by atoms with Crippen molar-refractivity contribution < 1.29 is 0 Å². The van der Waals surface area contributed by atoms with Gasteiger partial charge in [-0.2, -0.15) is 0 Å². The summed E-state index contributed by atoms with van der Waals surface area (Å²) in [5.41, 5.74) is 0. The van der Waals surface area contributed by atoms with Crippen LogP contribution in [0.5, 0.6) is 0 Å². The van der Waals surface area contributed by atoms with E-state index in [1.54, 1.807) is 0 Å². The molecule has 0 radical (unpaired) electrons. The Bertz CT molecular complexity index is 94.6. The average Bonchev–Trinajstić information content (AvgIpc) is 1.80. The molecular formula is C7H13N. The van der Waals surface area contributed by atoms with Crippen molar-refractivity contribution in [2.45, 2.75) is 25.8 Å². The molecule has 0 unspecified atom stereocenters. The van der Waals surface area contributed by atoms with Crippen LogP contribution in [0.2, 0.25) is 0 Å². The Morgan fingerprint density at radius 2 is 2.25 bits per heavy atom. The lowest BCUT2D eigenvalue weighted by Gasteiger charge is -2.31. The first kappa shape index (κ1) is 4.80. The van der Waals surface area contributed by atoms with Crippen LogP contribution in [-0.4, -0.2) is 12.6 Å². The first-order chi connectivity index (χ1) is 3.88. The third-order valence-corrected chi connectivity index (χ3v) is 2.82. The Labute approximate surface area is 50.5 Å². The van der Waals surface area contributed by atoms with Crippen molar-refractivity contribution in [3.05, 3.63) is 0 Å². The lowest BCUT2D eigenvalue weighted by Crippen LogP contribution is -2.28. The van der Waals surface area contributed by atoms with Gasteiger partial charge in [0.1, 0.15) is 0 Å². The second kappa shape index (κ2) is 1.47. The fourth-order valence-electron chi connectivity index (χ4n) is 2.00. The molecule has 0 spiro atoms. The zero-order chi connectivity index (χ0) is 5.56. The Balaban J connectivity index is 2.05. The van der Waals surface area contributed by atoms with Crippen molar-refractivity contribution in [2.75, 3.05) is 6.54 Å². The van der Waals surface area contributed by atoms with Gasteiger partial charge in [-0.25, -0.2) is 0 Å². The predicted octanol–water partition coefficient (Wildman–Crippen LogP) is 1.00. The van der Waals surface area contributed by atoms with Crippen LogP contribution < -0.4 is 5.32 Å². The fourth-order valence-corrected chi connectivity index (χ4v) is 2.00. The molecule has 1 N–H and O–H groups in total. The number of hydrogen-bond donors (Lipinski definition) is 1. The highest BCUT2D eigenvalue weighted by Gasteiger charge is 2.39. The maximum absolute atomic E-state index is 3.48. The summed E-state index contributed by atoms with van der Waals surface area (Å²) >= 11 is 0. The molecule has 8 heavy (non-hydrogen) atoms. The number of nitrogens with one attached hydrogen (secondary N) is 1. The number of hydrogen-bond acceptors (Lipinski definition) is 1. The van der Waals surface area contributed by atoms with E-state index in [1.807, 2.05) is 0 Å². The van der Waals surface area contributed by atoms with Gasteiger partial charge < -0.3 is 5.32 Å². The number of fused-ring (bicyclic) bond motifs is 1. The van der Waals surface area contributed by atoms with E-state index in [0.717, 1.165) is 17.9 Å². The highest BCUT2D eigenvalue weighted by molar-refractivity contribution is 4.94. The van der Waals surface area contributed by atoms with Crippen LogP contribution in [0.1, 0.15) is 19.8 Å². The largest absolute Gasteiger partial charge is 0.314 e. The van der Waals surface area contributed by atoms with Gasteiger partial charge >= 0.3 is 0 Å². The Morgan fingerprint density at radius 3 is 2.50 bits per heavy atom. The summed E-state index contributed by atoms with van der Waals surface area (Å²) in [6.07, 6.45) is 2.97. The molecule has 2 fully saturated rings. The van der Waals surface area contributed by atoms with Crippen molar-refractivity contribution in [3.8, 4) is 0 Å². The Morgan fingerprint density at radius 1 is 1.38 bits per heavy atom. The Kier molecular flexibility index (Phi) is 0.884. The molecule has 0 bridgehead atoms. The lowest BCUT2D eigenvalue weighted by molar-refractivity contribution is 0.215. The minimum atomic E-state index is 0.828. The molecule has 0 aromatic rings. The van der Waals surface area contributed by atoms with E-state index in [-0.39, 0.29) is 0 Å². The van der Waals surface area contributed by atoms with E-state index in [0.29, 0.717) is 0 Å². The standard InChI is InChI=1S/C7H13N/c1-5-7-3-2-6(7)4-8-5/h5-8H,2-4H2,1H3/t5-,6+,7-/m1/s1. The van der Waals surface area contributed by atoms with Crippen molar-refractivity contribution in [2.24, 2.45) is 11.8 Å². The summed E-state index contributed by atoms with van der Waals surface area (Å²) in [5, 5.41) is 3.48. The molecule has 46 valence electrons. The summed E-state index contributed by atoms with van der Waals surface area (Å²) in [5.74, 6) is 2.11. The van der Waals surface area contributed by atoms with Gasteiger partial charge in [0.15, 0.2) is 0 Å². The van der Waals surface area contributed by atoms with Crippen LogP contribution >= 0.6 is 0 Å². The van der Waals surface area contributed by atoms with Gasteiger partial charge in [0.2, 0.25) is 0 Å². The van der Waals surface area contributed by atoms with E-state index >= 15 is 0 Å². The molecule has 1 heteroatoms. The molecule has 2 rings (SSSR count). The summed E-state index contributed by atoms with van der Waals surface area (Å²) in [7, 11) is 0. The SMILES string of the molecule is C[C@H]1NC[C@@H]2CC[C@@H]21. The molecule has 3 atom stereocenters. The topological polar surface area (TPSA) is 12.0 Å². The molecule has 1 aliphatic heterocycles. The maximum Gasteiger partial charge on any atom is 0.00702 e. The van der Waals surface area contributed by atoms with Crippen molar-refractivity contribution in [3.63, 3.8) is 0 Å². The summed E-state index contributed by atoms with van der Waals surface area (Å²) in [4.78, 5) is 0. The normalized spacial score (nSPS) is 52.9. The molecule has 0 amide bonds. The summed E-state index contributed by atoms with van der Waals surface area (Å²) in [6, 6.07) is 0.828.